The number of likely N-dealkylation sites (tertiary alicyclic amines) is 2. The molecule has 0 aliphatic carbocycles. The number of nitrogens with zero attached hydrogens (tertiary/aromatic N) is 2. The van der Waals surface area contributed by atoms with Gasteiger partial charge in [0.2, 0.25) is 0 Å². The summed E-state index contributed by atoms with van der Waals surface area (Å²) < 4.78 is 45.0. The second-order valence-corrected chi connectivity index (χ2v) is 8.44. The first-order valence-corrected chi connectivity index (χ1v) is 10.7. The molecule has 2 aromatic rings. The van der Waals surface area contributed by atoms with Crippen molar-refractivity contribution in [3.05, 3.63) is 65.2 Å². The van der Waals surface area contributed by atoms with E-state index in [1.165, 1.54) is 12.1 Å². The molecular formula is C24H27F3N2O2. The van der Waals surface area contributed by atoms with Gasteiger partial charge in [0.05, 0.1) is 12.7 Å². The van der Waals surface area contributed by atoms with Gasteiger partial charge in [0.15, 0.2) is 0 Å². The fourth-order valence-electron chi connectivity index (χ4n) is 4.76. The number of carbonyl (C=O) groups is 1. The van der Waals surface area contributed by atoms with Crippen molar-refractivity contribution in [2.24, 2.45) is 5.92 Å². The number of rotatable bonds is 5. The molecule has 2 heterocycles. The molecule has 2 aromatic carbocycles. The fraction of sp³-hybridized carbons (Fsp3) is 0.458. The van der Waals surface area contributed by atoms with E-state index < -0.39 is 11.7 Å². The lowest BCUT2D eigenvalue weighted by Gasteiger charge is -2.24. The van der Waals surface area contributed by atoms with Crippen LogP contribution >= 0.6 is 0 Å². The molecule has 4 rings (SSSR count). The van der Waals surface area contributed by atoms with E-state index in [-0.39, 0.29) is 17.7 Å². The van der Waals surface area contributed by atoms with Crippen molar-refractivity contribution in [2.45, 2.75) is 24.9 Å². The molecule has 0 N–H and O–H groups in total. The maximum Gasteiger partial charge on any atom is 0.416 e. The van der Waals surface area contributed by atoms with Gasteiger partial charge in [-0.05, 0) is 67.7 Å². The molecule has 2 aliphatic heterocycles. The smallest absolute Gasteiger partial charge is 0.416 e. The predicted octanol–water partition coefficient (Wildman–Crippen LogP) is 4.67. The Bertz CT molecular complexity index is 908. The predicted molar refractivity (Wildman–Crippen MR) is 112 cm³/mol. The first kappa shape index (κ1) is 21.7. The quantitative estimate of drug-likeness (QED) is 0.689. The third-order valence-corrected chi connectivity index (χ3v) is 6.40. The van der Waals surface area contributed by atoms with E-state index in [2.05, 4.69) is 4.90 Å². The number of amides is 1. The molecule has 0 spiro atoms. The minimum absolute atomic E-state index is 0.0939. The Hall–Kier alpha value is -2.54. The number of hydrogen-bond acceptors (Lipinski definition) is 3. The van der Waals surface area contributed by atoms with Gasteiger partial charge in [0.1, 0.15) is 5.75 Å². The summed E-state index contributed by atoms with van der Waals surface area (Å²) in [5, 5.41) is 0. The second kappa shape index (κ2) is 8.91. The molecule has 1 amide bonds. The summed E-state index contributed by atoms with van der Waals surface area (Å²) >= 11 is 0. The van der Waals surface area contributed by atoms with Gasteiger partial charge in [0.25, 0.3) is 5.91 Å². The molecule has 0 unspecified atom stereocenters. The average molecular weight is 432 g/mol. The SMILES string of the molecule is COc1ccc(C(=O)N2C[C@H](CN3CCCC3)[C@H](c3cccc(C(F)(F)F)c3)C2)cc1. The summed E-state index contributed by atoms with van der Waals surface area (Å²) in [5.41, 5.74) is 0.583. The lowest BCUT2D eigenvalue weighted by atomic mass is 9.87. The van der Waals surface area contributed by atoms with Crippen LogP contribution in [0.25, 0.3) is 0 Å². The molecule has 31 heavy (non-hydrogen) atoms. The third kappa shape index (κ3) is 4.87. The monoisotopic (exact) mass is 432 g/mol. The Labute approximate surface area is 180 Å². The summed E-state index contributed by atoms with van der Waals surface area (Å²) in [6.45, 7) is 3.79. The molecule has 0 aromatic heterocycles. The van der Waals surface area contributed by atoms with Gasteiger partial charge in [-0.1, -0.05) is 18.2 Å². The maximum absolute atomic E-state index is 13.3. The highest BCUT2D eigenvalue weighted by atomic mass is 19.4. The van der Waals surface area contributed by atoms with E-state index in [0.29, 0.717) is 30.0 Å². The zero-order valence-corrected chi connectivity index (χ0v) is 17.6. The molecule has 4 nitrogen and oxygen atoms in total. The zero-order chi connectivity index (χ0) is 22.0. The second-order valence-electron chi connectivity index (χ2n) is 8.44. The van der Waals surface area contributed by atoms with Gasteiger partial charge >= 0.3 is 6.18 Å². The van der Waals surface area contributed by atoms with E-state index in [1.807, 2.05) is 0 Å². The summed E-state index contributed by atoms with van der Waals surface area (Å²) in [7, 11) is 1.57. The van der Waals surface area contributed by atoms with Crippen molar-refractivity contribution in [1.29, 1.82) is 0 Å². The van der Waals surface area contributed by atoms with Crippen molar-refractivity contribution in [1.82, 2.24) is 9.80 Å². The van der Waals surface area contributed by atoms with Gasteiger partial charge in [-0.15, -0.1) is 0 Å². The first-order valence-electron chi connectivity index (χ1n) is 10.7. The summed E-state index contributed by atoms with van der Waals surface area (Å²) in [6.07, 6.45) is -2.08. The standard InChI is InChI=1S/C24H27F3N2O2/c1-31-21-9-7-17(8-10-21)23(30)29-15-19(14-28-11-2-3-12-28)22(16-29)18-5-4-6-20(13-18)24(25,26)27/h4-10,13,19,22H,2-3,11-12,14-16H2,1H3/t19-,22-/m0/s1. The van der Waals surface area contributed by atoms with E-state index in [1.54, 1.807) is 42.3 Å². The Morgan fingerprint density at radius 1 is 1.06 bits per heavy atom. The molecule has 2 aliphatic rings. The van der Waals surface area contributed by atoms with Crippen LogP contribution in [0, 0.1) is 5.92 Å². The molecule has 2 fully saturated rings. The Morgan fingerprint density at radius 2 is 1.77 bits per heavy atom. The van der Waals surface area contributed by atoms with E-state index in [9.17, 15) is 18.0 Å². The number of benzene rings is 2. The fourth-order valence-corrected chi connectivity index (χ4v) is 4.76. The molecule has 2 saturated heterocycles. The van der Waals surface area contributed by atoms with Crippen molar-refractivity contribution in [2.75, 3.05) is 39.8 Å². The van der Waals surface area contributed by atoms with Gasteiger partial charge < -0.3 is 14.5 Å². The molecule has 2 atom stereocenters. The topological polar surface area (TPSA) is 32.8 Å². The number of hydrogen-bond donors (Lipinski definition) is 0. The number of halogens is 3. The number of ether oxygens (including phenoxy) is 1. The minimum Gasteiger partial charge on any atom is -0.497 e. The lowest BCUT2D eigenvalue weighted by molar-refractivity contribution is -0.137. The van der Waals surface area contributed by atoms with Gasteiger partial charge in [-0.3, -0.25) is 4.79 Å². The van der Waals surface area contributed by atoms with Crippen molar-refractivity contribution >= 4 is 5.91 Å². The highest BCUT2D eigenvalue weighted by molar-refractivity contribution is 5.94. The van der Waals surface area contributed by atoms with Crippen LogP contribution in [0.3, 0.4) is 0 Å². The number of carbonyl (C=O) groups excluding carboxylic acids is 1. The summed E-state index contributed by atoms with van der Waals surface area (Å²) in [6, 6.07) is 12.5. The molecule has 0 radical (unpaired) electrons. The molecule has 7 heteroatoms. The van der Waals surface area contributed by atoms with Crippen LogP contribution in [0.2, 0.25) is 0 Å². The summed E-state index contributed by atoms with van der Waals surface area (Å²) in [5.74, 6) is 0.559. The van der Waals surface area contributed by atoms with Crippen molar-refractivity contribution in [3.63, 3.8) is 0 Å². The normalized spacial score (nSPS) is 22.1. The van der Waals surface area contributed by atoms with Crippen LogP contribution < -0.4 is 4.74 Å². The Morgan fingerprint density at radius 3 is 2.42 bits per heavy atom. The Balaban J connectivity index is 1.58. The van der Waals surface area contributed by atoms with E-state index in [0.717, 1.165) is 38.5 Å². The van der Waals surface area contributed by atoms with Gasteiger partial charge in [0, 0.05) is 31.1 Å². The Kier molecular flexibility index (Phi) is 6.23. The van der Waals surface area contributed by atoms with E-state index >= 15 is 0 Å². The van der Waals surface area contributed by atoms with Crippen LogP contribution in [-0.2, 0) is 6.18 Å². The van der Waals surface area contributed by atoms with Crippen molar-refractivity contribution in [3.8, 4) is 5.75 Å². The number of alkyl halides is 3. The third-order valence-electron chi connectivity index (χ3n) is 6.40. The van der Waals surface area contributed by atoms with Crippen LogP contribution in [-0.4, -0.2) is 55.5 Å². The molecular weight excluding hydrogens is 405 g/mol. The maximum atomic E-state index is 13.3. The average Bonchev–Trinajstić information content (AvgIpc) is 3.43. The van der Waals surface area contributed by atoms with Gasteiger partial charge in [-0.25, -0.2) is 0 Å². The summed E-state index contributed by atoms with van der Waals surface area (Å²) in [4.78, 5) is 17.3. The van der Waals surface area contributed by atoms with Crippen LogP contribution in [0.4, 0.5) is 13.2 Å². The highest BCUT2D eigenvalue weighted by Crippen LogP contribution is 2.37. The zero-order valence-electron chi connectivity index (χ0n) is 17.6. The number of methoxy groups -OCH3 is 1. The first-order chi connectivity index (χ1) is 14.8. The lowest BCUT2D eigenvalue weighted by Crippen LogP contribution is -2.32. The molecule has 0 saturated carbocycles. The van der Waals surface area contributed by atoms with Crippen LogP contribution in [0.15, 0.2) is 48.5 Å². The van der Waals surface area contributed by atoms with E-state index in [4.69, 9.17) is 4.74 Å². The minimum atomic E-state index is -4.38. The van der Waals surface area contributed by atoms with Crippen LogP contribution in [0.5, 0.6) is 5.75 Å². The molecule has 166 valence electrons. The molecule has 0 bridgehead atoms. The van der Waals surface area contributed by atoms with Crippen molar-refractivity contribution < 1.29 is 22.7 Å². The highest BCUT2D eigenvalue weighted by Gasteiger charge is 2.39. The van der Waals surface area contributed by atoms with Crippen LogP contribution in [0.1, 0.15) is 40.2 Å². The van der Waals surface area contributed by atoms with Gasteiger partial charge in [-0.2, -0.15) is 13.2 Å². The largest absolute Gasteiger partial charge is 0.497 e.